The third kappa shape index (κ3) is 6.07. The van der Waals surface area contributed by atoms with Crippen LogP contribution >= 0.6 is 47.9 Å². The summed E-state index contributed by atoms with van der Waals surface area (Å²) in [4.78, 5) is 19.0. The summed E-state index contributed by atoms with van der Waals surface area (Å²) in [5, 5.41) is 8.88. The van der Waals surface area contributed by atoms with E-state index in [0.717, 1.165) is 48.0 Å². The van der Waals surface area contributed by atoms with Crippen LogP contribution in [-0.4, -0.2) is 46.6 Å². The number of nitrogens with one attached hydrogen (secondary N) is 2. The number of carbonyl (C=O) groups is 1. The molecule has 3 rings (SSSR count). The van der Waals surface area contributed by atoms with Crippen LogP contribution in [-0.2, 0) is 11.3 Å². The molecule has 0 aromatic carbocycles. The van der Waals surface area contributed by atoms with E-state index in [-0.39, 0.29) is 36.8 Å². The van der Waals surface area contributed by atoms with Crippen LogP contribution < -0.4 is 10.6 Å². The van der Waals surface area contributed by atoms with Crippen LogP contribution in [0, 0.1) is 5.92 Å². The summed E-state index contributed by atoms with van der Waals surface area (Å²) < 4.78 is 0. The highest BCUT2D eigenvalue weighted by molar-refractivity contribution is 7.99. The van der Waals surface area contributed by atoms with E-state index in [1.807, 2.05) is 0 Å². The number of anilines is 1. The Morgan fingerprint density at radius 3 is 3.04 bits per heavy atom. The van der Waals surface area contributed by atoms with Gasteiger partial charge in [-0.05, 0) is 25.3 Å². The van der Waals surface area contributed by atoms with Crippen molar-refractivity contribution in [1.82, 2.24) is 15.2 Å². The molecular formula is C14H24Cl2N4OS2. The molecule has 2 fully saturated rings. The topological polar surface area (TPSA) is 57.3 Å². The maximum absolute atomic E-state index is 12.0. The lowest BCUT2D eigenvalue weighted by atomic mass is 10.0. The second-order valence-electron chi connectivity index (χ2n) is 5.89. The lowest BCUT2D eigenvalue weighted by Gasteiger charge is -2.30. The van der Waals surface area contributed by atoms with Gasteiger partial charge in [0.2, 0.25) is 5.91 Å². The largest absolute Gasteiger partial charge is 0.301 e. The SMILES string of the molecule is CC1CCCN(Cc2csc(NC(=O)C3CSCN3)n2)C1.Cl.Cl. The summed E-state index contributed by atoms with van der Waals surface area (Å²) in [5.74, 6) is 2.51. The third-order valence-corrected chi connectivity index (χ3v) is 5.69. The van der Waals surface area contributed by atoms with Crippen molar-refractivity contribution in [3.05, 3.63) is 11.1 Å². The fourth-order valence-corrected chi connectivity index (χ4v) is 4.50. The van der Waals surface area contributed by atoms with Gasteiger partial charge in [-0.15, -0.1) is 47.9 Å². The zero-order valence-electron chi connectivity index (χ0n) is 13.1. The summed E-state index contributed by atoms with van der Waals surface area (Å²) in [6.07, 6.45) is 2.61. The van der Waals surface area contributed by atoms with Gasteiger partial charge in [0, 0.05) is 30.1 Å². The monoisotopic (exact) mass is 398 g/mol. The molecule has 3 heterocycles. The molecule has 2 unspecified atom stereocenters. The number of rotatable bonds is 4. The van der Waals surface area contributed by atoms with Crippen LogP contribution in [0.4, 0.5) is 5.13 Å². The van der Waals surface area contributed by atoms with Crippen LogP contribution in [0.2, 0.25) is 0 Å². The lowest BCUT2D eigenvalue weighted by molar-refractivity contribution is -0.117. The minimum Gasteiger partial charge on any atom is -0.301 e. The molecule has 0 radical (unpaired) electrons. The first-order valence-electron chi connectivity index (χ1n) is 7.49. The van der Waals surface area contributed by atoms with Crippen LogP contribution in [0.15, 0.2) is 5.38 Å². The minimum atomic E-state index is -0.0784. The molecule has 0 aliphatic carbocycles. The van der Waals surface area contributed by atoms with Crippen molar-refractivity contribution < 1.29 is 4.79 Å². The van der Waals surface area contributed by atoms with Crippen molar-refractivity contribution in [1.29, 1.82) is 0 Å². The molecular weight excluding hydrogens is 375 g/mol. The number of carbonyl (C=O) groups excluding carboxylic acids is 1. The van der Waals surface area contributed by atoms with Gasteiger partial charge in [0.1, 0.15) is 0 Å². The van der Waals surface area contributed by atoms with E-state index in [9.17, 15) is 4.79 Å². The van der Waals surface area contributed by atoms with Crippen molar-refractivity contribution in [3.8, 4) is 0 Å². The maximum Gasteiger partial charge on any atom is 0.244 e. The Bertz CT molecular complexity index is 497. The number of amides is 1. The Balaban J connectivity index is 0.00000132. The van der Waals surface area contributed by atoms with Crippen molar-refractivity contribution in [2.45, 2.75) is 32.4 Å². The molecule has 5 nitrogen and oxygen atoms in total. The Kier molecular flexibility index (Phi) is 9.18. The number of likely N-dealkylation sites (tertiary alicyclic amines) is 1. The number of piperidine rings is 1. The molecule has 132 valence electrons. The molecule has 1 amide bonds. The van der Waals surface area contributed by atoms with Crippen molar-refractivity contribution in [2.75, 3.05) is 30.0 Å². The number of hydrogen-bond donors (Lipinski definition) is 2. The Labute approximate surface area is 158 Å². The van der Waals surface area contributed by atoms with Gasteiger partial charge in [-0.1, -0.05) is 6.92 Å². The molecule has 0 saturated carbocycles. The molecule has 2 atom stereocenters. The van der Waals surface area contributed by atoms with E-state index in [0.29, 0.717) is 0 Å². The molecule has 23 heavy (non-hydrogen) atoms. The second kappa shape index (κ2) is 10.1. The molecule has 2 N–H and O–H groups in total. The van der Waals surface area contributed by atoms with E-state index in [2.05, 4.69) is 32.8 Å². The average Bonchev–Trinajstić information content (AvgIpc) is 3.10. The first-order valence-corrected chi connectivity index (χ1v) is 9.53. The van der Waals surface area contributed by atoms with E-state index in [1.54, 1.807) is 11.8 Å². The predicted octanol–water partition coefficient (Wildman–Crippen LogP) is 2.82. The van der Waals surface area contributed by atoms with Gasteiger partial charge in [0.05, 0.1) is 11.7 Å². The highest BCUT2D eigenvalue weighted by Gasteiger charge is 2.23. The summed E-state index contributed by atoms with van der Waals surface area (Å²) in [6.45, 7) is 5.52. The minimum absolute atomic E-state index is 0. The predicted molar refractivity (Wildman–Crippen MR) is 103 cm³/mol. The van der Waals surface area contributed by atoms with Crippen LogP contribution in [0.25, 0.3) is 0 Å². The molecule has 2 aliphatic rings. The van der Waals surface area contributed by atoms with E-state index < -0.39 is 0 Å². The van der Waals surface area contributed by atoms with Gasteiger partial charge in [-0.25, -0.2) is 4.98 Å². The van der Waals surface area contributed by atoms with Gasteiger partial charge in [0.15, 0.2) is 5.13 Å². The highest BCUT2D eigenvalue weighted by Crippen LogP contribution is 2.21. The maximum atomic E-state index is 12.0. The number of thiazole rings is 1. The van der Waals surface area contributed by atoms with Crippen LogP contribution in [0.3, 0.4) is 0 Å². The summed E-state index contributed by atoms with van der Waals surface area (Å²) in [6, 6.07) is -0.0784. The second-order valence-corrected chi connectivity index (χ2v) is 7.78. The zero-order valence-corrected chi connectivity index (χ0v) is 16.4. The van der Waals surface area contributed by atoms with E-state index in [1.165, 1.54) is 24.2 Å². The van der Waals surface area contributed by atoms with Gasteiger partial charge in [-0.2, -0.15) is 0 Å². The number of thioether (sulfide) groups is 1. The van der Waals surface area contributed by atoms with E-state index in [4.69, 9.17) is 0 Å². The van der Waals surface area contributed by atoms with E-state index >= 15 is 0 Å². The zero-order chi connectivity index (χ0) is 14.7. The summed E-state index contributed by atoms with van der Waals surface area (Å²) in [5.41, 5.74) is 1.07. The lowest BCUT2D eigenvalue weighted by Crippen LogP contribution is -2.37. The molecule has 0 bridgehead atoms. The first-order chi connectivity index (χ1) is 10.2. The fraction of sp³-hybridized carbons (Fsp3) is 0.714. The van der Waals surface area contributed by atoms with Crippen molar-refractivity contribution in [2.24, 2.45) is 5.92 Å². The number of halogens is 2. The highest BCUT2D eigenvalue weighted by atomic mass is 35.5. The Morgan fingerprint density at radius 1 is 1.52 bits per heavy atom. The standard InChI is InChI=1S/C14H22N4OS2.2ClH/c1-10-3-2-4-18(5-10)6-11-7-21-14(16-11)17-13(19)12-8-20-9-15-12;;/h7,10,12,15H,2-6,8-9H2,1H3,(H,16,17,19);2*1H. The van der Waals surface area contributed by atoms with Gasteiger partial charge in [0.25, 0.3) is 0 Å². The van der Waals surface area contributed by atoms with Crippen LogP contribution in [0.1, 0.15) is 25.5 Å². The number of aromatic nitrogens is 1. The summed E-state index contributed by atoms with van der Waals surface area (Å²) >= 11 is 3.28. The normalized spacial score (nSPS) is 24.6. The van der Waals surface area contributed by atoms with Crippen molar-refractivity contribution in [3.63, 3.8) is 0 Å². The van der Waals surface area contributed by atoms with Gasteiger partial charge < -0.3 is 5.32 Å². The third-order valence-electron chi connectivity index (χ3n) is 3.94. The van der Waals surface area contributed by atoms with Crippen molar-refractivity contribution >= 4 is 59.0 Å². The fourth-order valence-electron chi connectivity index (χ4n) is 2.85. The molecule has 2 saturated heterocycles. The quantitative estimate of drug-likeness (QED) is 0.816. The van der Waals surface area contributed by atoms with Gasteiger partial charge in [-0.3, -0.25) is 15.0 Å². The molecule has 0 spiro atoms. The summed E-state index contributed by atoms with van der Waals surface area (Å²) in [7, 11) is 0. The number of hydrogen-bond acceptors (Lipinski definition) is 6. The Morgan fingerprint density at radius 2 is 2.35 bits per heavy atom. The molecule has 1 aromatic heterocycles. The molecule has 1 aromatic rings. The smallest absolute Gasteiger partial charge is 0.244 e. The molecule has 2 aliphatic heterocycles. The molecule has 9 heteroatoms. The average molecular weight is 399 g/mol. The Hall–Kier alpha value is -0.0500. The van der Waals surface area contributed by atoms with Gasteiger partial charge >= 0.3 is 0 Å². The van der Waals surface area contributed by atoms with Crippen LogP contribution in [0.5, 0.6) is 0 Å². The number of nitrogens with zero attached hydrogens (tertiary/aromatic N) is 2. The first kappa shape index (κ1) is 21.0.